The number of imidazole rings is 1. The van der Waals surface area contributed by atoms with Gasteiger partial charge in [0.25, 0.3) is 0 Å². The summed E-state index contributed by atoms with van der Waals surface area (Å²) in [6.45, 7) is 0. The van der Waals surface area contributed by atoms with E-state index >= 15 is 0 Å². The van der Waals surface area contributed by atoms with Gasteiger partial charge in [-0.1, -0.05) is 54.6 Å². The average molecular weight is 374 g/mol. The van der Waals surface area contributed by atoms with Crippen LogP contribution in [-0.4, -0.2) is 16.6 Å². The SMILES string of the molecule is C[n+]1c(SCC(=O)Nc2ccc(-c3ccccc3)cc2)[nH]c2ccccc21. The second kappa shape index (κ2) is 7.68. The molecule has 0 aliphatic rings. The van der Waals surface area contributed by atoms with Crippen molar-refractivity contribution in [2.24, 2.45) is 7.05 Å². The number of carbonyl (C=O) groups excluding carboxylic acids is 1. The molecule has 4 rings (SSSR count). The number of thioether (sulfide) groups is 1. The van der Waals surface area contributed by atoms with Gasteiger partial charge in [0.15, 0.2) is 11.0 Å². The Balaban J connectivity index is 1.38. The number of carbonyl (C=O) groups is 1. The predicted molar refractivity (Wildman–Crippen MR) is 111 cm³/mol. The highest BCUT2D eigenvalue weighted by atomic mass is 32.2. The van der Waals surface area contributed by atoms with E-state index in [9.17, 15) is 4.79 Å². The molecule has 1 amide bonds. The van der Waals surface area contributed by atoms with E-state index in [1.165, 1.54) is 11.8 Å². The normalized spacial score (nSPS) is 10.9. The van der Waals surface area contributed by atoms with Crippen LogP contribution in [0.25, 0.3) is 22.2 Å². The molecule has 3 aromatic carbocycles. The van der Waals surface area contributed by atoms with E-state index < -0.39 is 0 Å². The van der Waals surface area contributed by atoms with Gasteiger partial charge in [-0.2, -0.15) is 0 Å². The third-order valence-electron chi connectivity index (χ3n) is 4.43. The number of hydrogen-bond donors (Lipinski definition) is 2. The van der Waals surface area contributed by atoms with E-state index in [0.29, 0.717) is 5.75 Å². The number of aryl methyl sites for hydroxylation is 1. The molecular formula is C22H20N3OS+. The maximum absolute atomic E-state index is 12.3. The lowest BCUT2D eigenvalue weighted by Crippen LogP contribution is -2.29. The van der Waals surface area contributed by atoms with Crippen LogP contribution in [0.2, 0.25) is 0 Å². The molecule has 0 aliphatic heterocycles. The number of rotatable bonds is 5. The van der Waals surface area contributed by atoms with Crippen LogP contribution in [0.5, 0.6) is 0 Å². The zero-order valence-corrected chi connectivity index (χ0v) is 15.8. The minimum Gasteiger partial charge on any atom is -0.325 e. The van der Waals surface area contributed by atoms with Crippen LogP contribution in [0, 0.1) is 0 Å². The van der Waals surface area contributed by atoms with Crippen LogP contribution in [0.15, 0.2) is 84.0 Å². The molecule has 4 aromatic rings. The minimum atomic E-state index is -0.0221. The standard InChI is InChI=1S/C22H19N3OS/c1-25-20-10-6-5-9-19(20)24-22(25)27-15-21(26)23-18-13-11-17(12-14-18)16-7-3-2-4-8-16/h2-14H,15H2,1H3,(H,23,26)/p+1. The van der Waals surface area contributed by atoms with Crippen LogP contribution in [0.1, 0.15) is 0 Å². The lowest BCUT2D eigenvalue weighted by molar-refractivity contribution is -0.683. The lowest BCUT2D eigenvalue weighted by Gasteiger charge is -2.06. The van der Waals surface area contributed by atoms with Crippen molar-refractivity contribution in [3.63, 3.8) is 0 Å². The number of hydrogen-bond acceptors (Lipinski definition) is 2. The van der Waals surface area contributed by atoms with E-state index in [-0.39, 0.29) is 5.91 Å². The highest BCUT2D eigenvalue weighted by molar-refractivity contribution is 7.99. The third-order valence-corrected chi connectivity index (χ3v) is 5.48. The number of benzene rings is 3. The number of amides is 1. The first-order valence-corrected chi connectivity index (χ1v) is 9.74. The van der Waals surface area contributed by atoms with Crippen molar-refractivity contribution in [2.75, 3.05) is 11.1 Å². The molecule has 0 fully saturated rings. The smallest absolute Gasteiger partial charge is 0.317 e. The van der Waals surface area contributed by atoms with Crippen LogP contribution in [0.3, 0.4) is 0 Å². The number of anilines is 1. The Morgan fingerprint density at radius 1 is 0.926 bits per heavy atom. The number of aromatic amines is 1. The molecule has 134 valence electrons. The summed E-state index contributed by atoms with van der Waals surface area (Å²) in [5.41, 5.74) is 5.29. The fraction of sp³-hybridized carbons (Fsp3) is 0.0909. The summed E-state index contributed by atoms with van der Waals surface area (Å²) in [5, 5.41) is 3.92. The molecule has 27 heavy (non-hydrogen) atoms. The van der Waals surface area contributed by atoms with Crippen molar-refractivity contribution in [3.05, 3.63) is 78.9 Å². The number of H-pyrrole nitrogens is 1. The van der Waals surface area contributed by atoms with Crippen LogP contribution in [0.4, 0.5) is 5.69 Å². The van der Waals surface area contributed by atoms with Crippen LogP contribution < -0.4 is 9.88 Å². The van der Waals surface area contributed by atoms with Gasteiger partial charge in [-0.15, -0.1) is 0 Å². The van der Waals surface area contributed by atoms with Gasteiger partial charge >= 0.3 is 5.16 Å². The topological polar surface area (TPSA) is 48.8 Å². The second-order valence-electron chi connectivity index (χ2n) is 6.29. The summed E-state index contributed by atoms with van der Waals surface area (Å²) in [4.78, 5) is 15.7. The minimum absolute atomic E-state index is 0.0221. The van der Waals surface area contributed by atoms with Gasteiger partial charge in [0, 0.05) is 5.69 Å². The highest BCUT2D eigenvalue weighted by Gasteiger charge is 2.16. The largest absolute Gasteiger partial charge is 0.325 e. The Hall–Kier alpha value is -3.05. The molecule has 4 nitrogen and oxygen atoms in total. The van der Waals surface area contributed by atoms with Gasteiger partial charge in [-0.05, 0) is 47.2 Å². The van der Waals surface area contributed by atoms with Crippen molar-refractivity contribution in [3.8, 4) is 11.1 Å². The molecule has 1 aromatic heterocycles. The number of aromatic nitrogens is 2. The first-order valence-electron chi connectivity index (χ1n) is 8.75. The first kappa shape index (κ1) is 17.4. The molecule has 0 spiro atoms. The third kappa shape index (κ3) is 3.88. The van der Waals surface area contributed by atoms with Crippen molar-refractivity contribution >= 4 is 34.4 Å². The van der Waals surface area contributed by atoms with Crippen molar-refractivity contribution in [1.82, 2.24) is 4.98 Å². The summed E-state index contributed by atoms with van der Waals surface area (Å²) >= 11 is 1.50. The monoisotopic (exact) mass is 374 g/mol. The maximum Gasteiger partial charge on any atom is 0.317 e. The molecule has 0 saturated heterocycles. The summed E-state index contributed by atoms with van der Waals surface area (Å²) in [7, 11) is 2.00. The molecule has 2 N–H and O–H groups in total. The number of nitrogens with one attached hydrogen (secondary N) is 2. The van der Waals surface area contributed by atoms with Gasteiger partial charge in [0.2, 0.25) is 5.91 Å². The molecule has 0 radical (unpaired) electrons. The van der Waals surface area contributed by atoms with Crippen molar-refractivity contribution in [2.45, 2.75) is 5.16 Å². The fourth-order valence-electron chi connectivity index (χ4n) is 3.02. The highest BCUT2D eigenvalue weighted by Crippen LogP contribution is 2.22. The number of nitrogens with zero attached hydrogens (tertiary/aromatic N) is 1. The molecule has 1 heterocycles. The summed E-state index contributed by atoms with van der Waals surface area (Å²) in [6, 6.07) is 26.2. The molecule has 0 bridgehead atoms. The van der Waals surface area contributed by atoms with Gasteiger partial charge in [-0.3, -0.25) is 4.79 Å². The Labute approximate surface area is 162 Å². The van der Waals surface area contributed by atoms with E-state index in [4.69, 9.17) is 0 Å². The summed E-state index contributed by atoms with van der Waals surface area (Å²) in [5.74, 6) is 0.326. The van der Waals surface area contributed by atoms with Gasteiger partial charge in [0.1, 0.15) is 0 Å². The Kier molecular flexibility index (Phi) is 4.94. The molecular weight excluding hydrogens is 354 g/mol. The first-order chi connectivity index (χ1) is 13.2. The molecule has 0 atom stereocenters. The van der Waals surface area contributed by atoms with Crippen LogP contribution >= 0.6 is 11.8 Å². The Morgan fingerprint density at radius 3 is 2.33 bits per heavy atom. The molecule has 5 heteroatoms. The molecule has 0 unspecified atom stereocenters. The van der Waals surface area contributed by atoms with Crippen LogP contribution in [-0.2, 0) is 11.8 Å². The zero-order chi connectivity index (χ0) is 18.6. The average Bonchev–Trinajstić information content (AvgIpc) is 3.04. The van der Waals surface area contributed by atoms with E-state index in [2.05, 4.69) is 33.1 Å². The van der Waals surface area contributed by atoms with Crippen molar-refractivity contribution in [1.29, 1.82) is 0 Å². The van der Waals surface area contributed by atoms with Gasteiger partial charge < -0.3 is 5.32 Å². The molecule has 0 aliphatic carbocycles. The van der Waals surface area contributed by atoms with E-state index in [1.807, 2.05) is 67.7 Å². The number of para-hydroxylation sites is 2. The fourth-order valence-corrected chi connectivity index (χ4v) is 3.83. The lowest BCUT2D eigenvalue weighted by atomic mass is 10.1. The van der Waals surface area contributed by atoms with E-state index in [0.717, 1.165) is 33.0 Å². The zero-order valence-electron chi connectivity index (χ0n) is 15.0. The van der Waals surface area contributed by atoms with Gasteiger partial charge in [-0.25, -0.2) is 9.55 Å². The summed E-state index contributed by atoms with van der Waals surface area (Å²) < 4.78 is 2.07. The number of fused-ring (bicyclic) bond motifs is 1. The summed E-state index contributed by atoms with van der Waals surface area (Å²) in [6.07, 6.45) is 0. The molecule has 0 saturated carbocycles. The second-order valence-corrected chi connectivity index (χ2v) is 7.25. The Morgan fingerprint density at radius 2 is 1.59 bits per heavy atom. The van der Waals surface area contributed by atoms with E-state index in [1.54, 1.807) is 0 Å². The quantitative estimate of drug-likeness (QED) is 0.402. The Bertz CT molecular complexity index is 1070. The van der Waals surface area contributed by atoms with Gasteiger partial charge in [0.05, 0.1) is 12.8 Å². The predicted octanol–water partition coefficient (Wildman–Crippen LogP) is 4.39. The van der Waals surface area contributed by atoms with Crippen molar-refractivity contribution < 1.29 is 9.36 Å². The maximum atomic E-state index is 12.3.